The molecule has 1 aliphatic carbocycles. The van der Waals surface area contributed by atoms with Crippen molar-refractivity contribution >= 4 is 0 Å². The van der Waals surface area contributed by atoms with Crippen molar-refractivity contribution in [3.63, 3.8) is 0 Å². The van der Waals surface area contributed by atoms with Crippen molar-refractivity contribution in [3.8, 4) is 0 Å². The van der Waals surface area contributed by atoms with E-state index in [2.05, 4.69) is 48.7 Å². The Hall–Kier alpha value is -1.24. The molecule has 1 aliphatic rings. The monoisotopic (exact) mass is 229 g/mol. The molecule has 1 fully saturated rings. The van der Waals surface area contributed by atoms with E-state index in [4.69, 9.17) is 0 Å². The molecule has 1 aromatic rings. The van der Waals surface area contributed by atoms with E-state index >= 15 is 0 Å². The maximum absolute atomic E-state index is 4.15. The molecule has 0 radical (unpaired) electrons. The molecule has 0 amide bonds. The van der Waals surface area contributed by atoms with Gasteiger partial charge in [0.25, 0.3) is 0 Å². The fourth-order valence-electron chi connectivity index (χ4n) is 2.75. The van der Waals surface area contributed by atoms with E-state index in [9.17, 15) is 0 Å². The van der Waals surface area contributed by atoms with Crippen LogP contribution in [0.3, 0.4) is 0 Å². The van der Waals surface area contributed by atoms with Crippen molar-refractivity contribution in [2.75, 3.05) is 0 Å². The van der Waals surface area contributed by atoms with Crippen molar-refractivity contribution in [3.05, 3.63) is 48.2 Å². The Balaban J connectivity index is 2.04. The van der Waals surface area contributed by atoms with Crippen LogP contribution in [0.15, 0.2) is 42.6 Å². The summed E-state index contributed by atoms with van der Waals surface area (Å²) < 4.78 is 0. The Morgan fingerprint density at radius 3 is 2.41 bits per heavy atom. The third-order valence-electron chi connectivity index (χ3n) is 3.70. The molecule has 0 spiro atoms. The summed E-state index contributed by atoms with van der Waals surface area (Å²) in [5, 5.41) is 0. The minimum Gasteiger partial charge on any atom is -0.368 e. The number of hydrogen-bond acceptors (Lipinski definition) is 1. The molecule has 0 aliphatic heterocycles. The first kappa shape index (κ1) is 12.2. The first-order valence-electron chi connectivity index (χ1n) is 6.73. The molecular formula is C16H23N. The van der Waals surface area contributed by atoms with Gasteiger partial charge < -0.3 is 4.90 Å². The van der Waals surface area contributed by atoms with E-state index in [1.807, 2.05) is 0 Å². The predicted octanol–water partition coefficient (Wildman–Crippen LogP) is 4.35. The molecule has 0 aromatic heterocycles. The molecule has 0 unspecified atom stereocenters. The van der Waals surface area contributed by atoms with Crippen LogP contribution in [-0.4, -0.2) is 10.9 Å². The van der Waals surface area contributed by atoms with Crippen LogP contribution in [0.1, 0.15) is 44.6 Å². The maximum atomic E-state index is 4.15. The van der Waals surface area contributed by atoms with Gasteiger partial charge in [-0.05, 0) is 25.3 Å². The van der Waals surface area contributed by atoms with Gasteiger partial charge in [0.2, 0.25) is 0 Å². The summed E-state index contributed by atoms with van der Waals surface area (Å²) >= 11 is 0. The zero-order chi connectivity index (χ0) is 12.1. The zero-order valence-corrected chi connectivity index (χ0v) is 10.9. The van der Waals surface area contributed by atoms with E-state index in [1.165, 1.54) is 43.4 Å². The van der Waals surface area contributed by atoms with Gasteiger partial charge in [0.05, 0.1) is 0 Å². The van der Waals surface area contributed by atoms with Crippen molar-refractivity contribution in [1.29, 1.82) is 0 Å². The summed E-state index contributed by atoms with van der Waals surface area (Å²) in [6.45, 7) is 7.30. The lowest BCUT2D eigenvalue weighted by atomic mass is 9.93. The second-order valence-electron chi connectivity index (χ2n) is 5.14. The smallest absolute Gasteiger partial charge is 0.0429 e. The van der Waals surface area contributed by atoms with E-state index in [-0.39, 0.29) is 0 Å². The number of hydrogen-bond donors (Lipinski definition) is 0. The Morgan fingerprint density at radius 1 is 1.18 bits per heavy atom. The van der Waals surface area contributed by atoms with E-state index in [1.54, 1.807) is 0 Å². The molecule has 17 heavy (non-hydrogen) atoms. The minimum absolute atomic E-state index is 0.710. The fraction of sp³-hybridized carbons (Fsp3) is 0.500. The van der Waals surface area contributed by atoms with Crippen LogP contribution in [0.5, 0.6) is 0 Å². The number of rotatable bonds is 4. The van der Waals surface area contributed by atoms with Crippen molar-refractivity contribution in [2.45, 2.75) is 51.6 Å². The van der Waals surface area contributed by atoms with E-state index < -0.39 is 0 Å². The molecular weight excluding hydrogens is 206 g/mol. The second kappa shape index (κ2) is 5.90. The third-order valence-corrected chi connectivity index (χ3v) is 3.70. The molecule has 1 aromatic carbocycles. The molecule has 0 saturated heterocycles. The van der Waals surface area contributed by atoms with Gasteiger partial charge in [0, 0.05) is 18.3 Å². The molecule has 0 N–H and O–H groups in total. The Labute approximate surface area is 105 Å². The maximum Gasteiger partial charge on any atom is 0.0429 e. The lowest BCUT2D eigenvalue weighted by molar-refractivity contribution is 0.194. The average Bonchev–Trinajstić information content (AvgIpc) is 2.38. The molecule has 2 rings (SSSR count). The van der Waals surface area contributed by atoms with Gasteiger partial charge in [-0.2, -0.15) is 0 Å². The Bertz CT molecular complexity index is 349. The predicted molar refractivity (Wildman–Crippen MR) is 73.7 cm³/mol. The molecule has 0 bridgehead atoms. The van der Waals surface area contributed by atoms with Gasteiger partial charge >= 0.3 is 0 Å². The second-order valence-corrected chi connectivity index (χ2v) is 5.14. The Morgan fingerprint density at radius 2 is 1.82 bits per heavy atom. The quantitative estimate of drug-likeness (QED) is 0.741. The number of benzene rings is 1. The van der Waals surface area contributed by atoms with Crippen LogP contribution in [0, 0.1) is 0 Å². The average molecular weight is 229 g/mol. The summed E-state index contributed by atoms with van der Waals surface area (Å²) in [5.41, 5.74) is 2.60. The number of nitrogens with zero attached hydrogens (tertiary/aromatic N) is 1. The highest BCUT2D eigenvalue weighted by molar-refractivity contribution is 5.15. The standard InChI is InChI=1S/C16H23N/c1-14(2)17(16-11-7-4-8-12-16)13-15-9-5-3-6-10-15/h3,5-6,9-10,16H,1,4,7-8,11-13H2,2H3. The van der Waals surface area contributed by atoms with Crippen LogP contribution in [0.4, 0.5) is 0 Å². The topological polar surface area (TPSA) is 3.24 Å². The summed E-state index contributed by atoms with van der Waals surface area (Å²) in [5.74, 6) is 0. The van der Waals surface area contributed by atoms with Crippen molar-refractivity contribution < 1.29 is 0 Å². The molecule has 1 heteroatoms. The van der Waals surface area contributed by atoms with Crippen LogP contribution in [-0.2, 0) is 6.54 Å². The zero-order valence-electron chi connectivity index (χ0n) is 10.9. The first-order chi connectivity index (χ1) is 8.27. The lowest BCUT2D eigenvalue weighted by Gasteiger charge is -2.36. The highest BCUT2D eigenvalue weighted by atomic mass is 15.2. The molecule has 0 atom stereocenters. The summed E-state index contributed by atoms with van der Waals surface area (Å²) in [6, 6.07) is 11.4. The molecule has 1 nitrogen and oxygen atoms in total. The van der Waals surface area contributed by atoms with Crippen molar-refractivity contribution in [1.82, 2.24) is 4.90 Å². The highest BCUT2D eigenvalue weighted by Crippen LogP contribution is 2.26. The summed E-state index contributed by atoms with van der Waals surface area (Å²) in [7, 11) is 0. The van der Waals surface area contributed by atoms with Crippen LogP contribution >= 0.6 is 0 Å². The van der Waals surface area contributed by atoms with Crippen LogP contribution in [0.2, 0.25) is 0 Å². The molecule has 1 saturated carbocycles. The Kier molecular flexibility index (Phi) is 4.24. The van der Waals surface area contributed by atoms with Gasteiger partial charge in [-0.3, -0.25) is 0 Å². The van der Waals surface area contributed by atoms with Gasteiger partial charge in [0.15, 0.2) is 0 Å². The molecule has 0 heterocycles. The van der Waals surface area contributed by atoms with Gasteiger partial charge in [-0.25, -0.2) is 0 Å². The van der Waals surface area contributed by atoms with Gasteiger partial charge in [-0.1, -0.05) is 56.2 Å². The van der Waals surface area contributed by atoms with E-state index in [0.29, 0.717) is 6.04 Å². The highest BCUT2D eigenvalue weighted by Gasteiger charge is 2.20. The summed E-state index contributed by atoms with van der Waals surface area (Å²) in [4.78, 5) is 2.49. The third kappa shape index (κ3) is 3.36. The largest absolute Gasteiger partial charge is 0.368 e. The SMILES string of the molecule is C=C(C)N(Cc1ccccc1)C1CCCCC1. The van der Waals surface area contributed by atoms with Crippen LogP contribution < -0.4 is 0 Å². The molecule has 92 valence electrons. The normalized spacial score (nSPS) is 16.8. The van der Waals surface area contributed by atoms with Crippen LogP contribution in [0.25, 0.3) is 0 Å². The lowest BCUT2D eigenvalue weighted by Crippen LogP contribution is -2.34. The first-order valence-corrected chi connectivity index (χ1v) is 6.73. The van der Waals surface area contributed by atoms with Gasteiger partial charge in [-0.15, -0.1) is 0 Å². The van der Waals surface area contributed by atoms with E-state index in [0.717, 1.165) is 6.54 Å². The van der Waals surface area contributed by atoms with Crippen molar-refractivity contribution in [2.24, 2.45) is 0 Å². The minimum atomic E-state index is 0.710. The van der Waals surface area contributed by atoms with Gasteiger partial charge in [0.1, 0.15) is 0 Å². The fourth-order valence-corrected chi connectivity index (χ4v) is 2.75. The number of allylic oxidation sites excluding steroid dienone is 1. The summed E-state index contributed by atoms with van der Waals surface area (Å²) in [6.07, 6.45) is 6.83.